The first-order chi connectivity index (χ1) is 9.53. The number of para-hydroxylation sites is 1. The Balaban J connectivity index is 2.09. The van der Waals surface area contributed by atoms with Crippen molar-refractivity contribution in [2.75, 3.05) is 18.9 Å². The van der Waals surface area contributed by atoms with E-state index in [1.54, 1.807) is 12.1 Å². The molecule has 0 saturated carbocycles. The summed E-state index contributed by atoms with van der Waals surface area (Å²) in [6, 6.07) is 7.76. The second kappa shape index (κ2) is 6.56. The highest BCUT2D eigenvalue weighted by Crippen LogP contribution is 2.22. The van der Waals surface area contributed by atoms with Crippen molar-refractivity contribution >= 4 is 15.7 Å². The molecule has 20 heavy (non-hydrogen) atoms. The topological polar surface area (TPSA) is 70.2 Å². The van der Waals surface area contributed by atoms with Crippen molar-refractivity contribution in [3.63, 3.8) is 0 Å². The van der Waals surface area contributed by atoms with E-state index in [9.17, 15) is 8.42 Å². The van der Waals surface area contributed by atoms with Crippen LogP contribution in [0.15, 0.2) is 29.2 Å². The summed E-state index contributed by atoms with van der Waals surface area (Å²) in [7, 11) is -2.00. The summed E-state index contributed by atoms with van der Waals surface area (Å²) in [6.45, 7) is 3.17. The molecule has 1 fully saturated rings. The lowest BCUT2D eigenvalue weighted by molar-refractivity contribution is 0.523. The molecule has 0 aliphatic carbocycles. The zero-order chi connectivity index (χ0) is 14.6. The third-order valence-electron chi connectivity index (χ3n) is 3.65. The Morgan fingerprint density at radius 3 is 2.80 bits per heavy atom. The number of hydrogen-bond donors (Lipinski definition) is 3. The quantitative estimate of drug-likeness (QED) is 0.745. The maximum absolute atomic E-state index is 12.0. The van der Waals surface area contributed by atoms with E-state index in [-0.39, 0.29) is 6.04 Å². The summed E-state index contributed by atoms with van der Waals surface area (Å²) < 4.78 is 26.3. The number of anilines is 1. The fourth-order valence-electron chi connectivity index (χ4n) is 2.64. The van der Waals surface area contributed by atoms with Gasteiger partial charge in [0.2, 0.25) is 10.0 Å². The van der Waals surface area contributed by atoms with E-state index in [1.807, 2.05) is 12.1 Å². The number of sulfonamides is 1. The molecular weight excluding hydrogens is 274 g/mol. The van der Waals surface area contributed by atoms with Crippen LogP contribution in [0.4, 0.5) is 5.69 Å². The molecule has 1 saturated heterocycles. The summed E-state index contributed by atoms with van der Waals surface area (Å²) in [6.07, 6.45) is 3.42. The maximum atomic E-state index is 12.0. The molecule has 1 aromatic rings. The third-order valence-corrected chi connectivity index (χ3v) is 5.12. The third kappa shape index (κ3) is 3.71. The Labute approximate surface area is 121 Å². The molecule has 0 spiro atoms. The SMILES string of the molecule is CNS(=O)(=O)c1ccccc1NC(C)CC1CCCN1. The molecule has 5 nitrogen and oxygen atoms in total. The number of nitrogens with one attached hydrogen (secondary N) is 3. The van der Waals surface area contributed by atoms with Gasteiger partial charge in [-0.15, -0.1) is 0 Å². The van der Waals surface area contributed by atoms with Crippen molar-refractivity contribution in [1.82, 2.24) is 10.0 Å². The van der Waals surface area contributed by atoms with Crippen LogP contribution in [0.25, 0.3) is 0 Å². The van der Waals surface area contributed by atoms with Crippen LogP contribution in [0.5, 0.6) is 0 Å². The van der Waals surface area contributed by atoms with Crippen molar-refractivity contribution in [3.8, 4) is 0 Å². The summed E-state index contributed by atoms with van der Waals surface area (Å²) >= 11 is 0. The van der Waals surface area contributed by atoms with E-state index in [0.717, 1.165) is 13.0 Å². The van der Waals surface area contributed by atoms with E-state index in [2.05, 4.69) is 22.3 Å². The minimum absolute atomic E-state index is 0.221. The van der Waals surface area contributed by atoms with Crippen LogP contribution in [-0.2, 0) is 10.0 Å². The predicted molar refractivity (Wildman–Crippen MR) is 81.4 cm³/mol. The van der Waals surface area contributed by atoms with Gasteiger partial charge in [0.15, 0.2) is 0 Å². The molecule has 1 aliphatic rings. The normalized spacial score (nSPS) is 20.8. The van der Waals surface area contributed by atoms with Crippen LogP contribution in [0, 0.1) is 0 Å². The summed E-state index contributed by atoms with van der Waals surface area (Å²) in [5.41, 5.74) is 0.660. The van der Waals surface area contributed by atoms with Gasteiger partial charge in [-0.3, -0.25) is 0 Å². The second-order valence-electron chi connectivity index (χ2n) is 5.28. The lowest BCUT2D eigenvalue weighted by Gasteiger charge is -2.21. The predicted octanol–water partition coefficient (Wildman–Crippen LogP) is 1.54. The molecule has 0 bridgehead atoms. The van der Waals surface area contributed by atoms with Gasteiger partial charge in [-0.05, 0) is 51.9 Å². The van der Waals surface area contributed by atoms with E-state index >= 15 is 0 Å². The molecule has 0 amide bonds. The van der Waals surface area contributed by atoms with Crippen molar-refractivity contribution in [2.24, 2.45) is 0 Å². The number of hydrogen-bond acceptors (Lipinski definition) is 4. The van der Waals surface area contributed by atoms with Gasteiger partial charge >= 0.3 is 0 Å². The van der Waals surface area contributed by atoms with E-state index in [0.29, 0.717) is 16.6 Å². The highest BCUT2D eigenvalue weighted by molar-refractivity contribution is 7.89. The van der Waals surface area contributed by atoms with Gasteiger partial charge in [0.05, 0.1) is 5.69 Å². The van der Waals surface area contributed by atoms with Gasteiger partial charge in [-0.1, -0.05) is 12.1 Å². The molecule has 0 radical (unpaired) electrons. The van der Waals surface area contributed by atoms with Gasteiger partial charge in [-0.2, -0.15) is 0 Å². The Kier molecular flexibility index (Phi) is 5.01. The molecule has 6 heteroatoms. The van der Waals surface area contributed by atoms with Gasteiger partial charge in [0.1, 0.15) is 4.90 Å². The fourth-order valence-corrected chi connectivity index (χ4v) is 3.53. The fraction of sp³-hybridized carbons (Fsp3) is 0.571. The van der Waals surface area contributed by atoms with Gasteiger partial charge in [0.25, 0.3) is 0 Å². The summed E-state index contributed by atoms with van der Waals surface area (Å²) in [5.74, 6) is 0. The molecule has 2 atom stereocenters. The van der Waals surface area contributed by atoms with Crippen molar-refractivity contribution in [1.29, 1.82) is 0 Å². The first kappa shape index (κ1) is 15.3. The second-order valence-corrected chi connectivity index (χ2v) is 7.13. The van der Waals surface area contributed by atoms with Gasteiger partial charge in [-0.25, -0.2) is 13.1 Å². The molecular formula is C14H23N3O2S. The highest BCUT2D eigenvalue weighted by atomic mass is 32.2. The van der Waals surface area contributed by atoms with Crippen LogP contribution < -0.4 is 15.4 Å². The standard InChI is InChI=1S/C14H23N3O2S/c1-11(10-12-6-5-9-16-12)17-13-7-3-4-8-14(13)20(18,19)15-2/h3-4,7-8,11-12,15-17H,5-6,9-10H2,1-2H3. The lowest BCUT2D eigenvalue weighted by Crippen LogP contribution is -2.30. The van der Waals surface area contributed by atoms with Crippen molar-refractivity contribution in [3.05, 3.63) is 24.3 Å². The largest absolute Gasteiger partial charge is 0.381 e. The Morgan fingerprint density at radius 2 is 2.15 bits per heavy atom. The molecule has 1 heterocycles. The summed E-state index contributed by atoms with van der Waals surface area (Å²) in [4.78, 5) is 0.300. The molecule has 112 valence electrons. The number of rotatable bonds is 6. The average molecular weight is 297 g/mol. The molecule has 1 aliphatic heterocycles. The van der Waals surface area contributed by atoms with Gasteiger partial charge < -0.3 is 10.6 Å². The van der Waals surface area contributed by atoms with Crippen LogP contribution >= 0.6 is 0 Å². The maximum Gasteiger partial charge on any atom is 0.242 e. The van der Waals surface area contributed by atoms with Crippen molar-refractivity contribution < 1.29 is 8.42 Å². The zero-order valence-electron chi connectivity index (χ0n) is 12.0. The smallest absolute Gasteiger partial charge is 0.242 e. The Hall–Kier alpha value is -1.11. The highest BCUT2D eigenvalue weighted by Gasteiger charge is 2.20. The molecule has 2 rings (SSSR count). The first-order valence-corrected chi connectivity index (χ1v) is 8.54. The minimum atomic E-state index is -3.43. The van der Waals surface area contributed by atoms with E-state index in [4.69, 9.17) is 0 Å². The molecule has 0 aromatic heterocycles. The average Bonchev–Trinajstić information content (AvgIpc) is 2.92. The van der Waals surface area contributed by atoms with E-state index < -0.39 is 10.0 Å². The van der Waals surface area contributed by atoms with Crippen LogP contribution in [0.1, 0.15) is 26.2 Å². The molecule has 2 unspecified atom stereocenters. The van der Waals surface area contributed by atoms with Crippen molar-refractivity contribution in [2.45, 2.75) is 43.2 Å². The lowest BCUT2D eigenvalue weighted by atomic mass is 10.1. The first-order valence-electron chi connectivity index (χ1n) is 7.05. The zero-order valence-corrected chi connectivity index (χ0v) is 12.8. The molecule has 3 N–H and O–H groups in total. The van der Waals surface area contributed by atoms with Crippen LogP contribution in [0.2, 0.25) is 0 Å². The minimum Gasteiger partial charge on any atom is -0.381 e. The van der Waals surface area contributed by atoms with Crippen LogP contribution in [0.3, 0.4) is 0 Å². The van der Waals surface area contributed by atoms with E-state index in [1.165, 1.54) is 19.9 Å². The monoisotopic (exact) mass is 297 g/mol. The molecule has 1 aromatic carbocycles. The van der Waals surface area contributed by atoms with Crippen LogP contribution in [-0.4, -0.2) is 34.1 Å². The van der Waals surface area contributed by atoms with Gasteiger partial charge in [0, 0.05) is 12.1 Å². The Morgan fingerprint density at radius 1 is 1.40 bits per heavy atom. The summed E-state index contributed by atoms with van der Waals surface area (Å²) in [5, 5.41) is 6.78. The Bertz CT molecular complexity index is 539. The number of benzene rings is 1.